The van der Waals surface area contributed by atoms with Crippen molar-refractivity contribution in [2.24, 2.45) is 0 Å². The minimum absolute atomic E-state index is 0.149. The number of benzene rings is 2. The zero-order valence-corrected chi connectivity index (χ0v) is 12.3. The van der Waals surface area contributed by atoms with Gasteiger partial charge in [-0.25, -0.2) is 4.39 Å². The molecule has 3 heteroatoms. The lowest BCUT2D eigenvalue weighted by Crippen LogP contribution is -2.17. The fourth-order valence-electron chi connectivity index (χ4n) is 3.60. The van der Waals surface area contributed by atoms with E-state index in [0.717, 1.165) is 51.8 Å². The lowest BCUT2D eigenvalue weighted by atomic mass is 9.78. The van der Waals surface area contributed by atoms with Crippen LogP contribution in [-0.2, 0) is 19.3 Å². The summed E-state index contributed by atoms with van der Waals surface area (Å²) in [7, 11) is 0. The predicted molar refractivity (Wildman–Crippen MR) is 84.0 cm³/mol. The van der Waals surface area contributed by atoms with Crippen LogP contribution in [0.15, 0.2) is 29.8 Å². The lowest BCUT2D eigenvalue weighted by Gasteiger charge is -2.26. The Labute approximate surface area is 128 Å². The summed E-state index contributed by atoms with van der Waals surface area (Å²) < 4.78 is 14.0. The Bertz CT molecular complexity index is 864. The van der Waals surface area contributed by atoms with E-state index in [1.807, 2.05) is 19.1 Å². The fraction of sp³-hybridized carbons (Fsp3) is 0.211. The molecule has 2 aliphatic rings. The van der Waals surface area contributed by atoms with Crippen molar-refractivity contribution in [3.63, 3.8) is 0 Å². The van der Waals surface area contributed by atoms with E-state index < -0.39 is 5.91 Å². The largest absolute Gasteiger partial charge is 0.269 e. The van der Waals surface area contributed by atoms with Gasteiger partial charge in [0.25, 0.3) is 5.91 Å². The molecule has 0 saturated carbocycles. The first-order valence-corrected chi connectivity index (χ1v) is 7.46. The maximum absolute atomic E-state index is 14.0. The number of nitrogens with one attached hydrogen (secondary N) is 1. The molecule has 1 radical (unpaired) electrons. The van der Waals surface area contributed by atoms with Gasteiger partial charge >= 0.3 is 0 Å². The van der Waals surface area contributed by atoms with Crippen LogP contribution in [0.3, 0.4) is 0 Å². The monoisotopic (exact) mass is 292 g/mol. The molecular formula is C19H15FNO. The number of hydrogen-bond acceptors (Lipinski definition) is 1. The molecule has 109 valence electrons. The third-order valence-corrected chi connectivity index (χ3v) is 4.74. The number of allylic oxidation sites excluding steroid dienone is 1. The molecule has 2 aromatic carbocycles. The average Bonchev–Trinajstić information content (AvgIpc) is 2.82. The normalized spacial score (nSPS) is 14.9. The zero-order chi connectivity index (χ0) is 15.4. The molecular weight excluding hydrogens is 277 g/mol. The van der Waals surface area contributed by atoms with E-state index in [4.69, 9.17) is 5.73 Å². The van der Waals surface area contributed by atoms with Crippen LogP contribution in [0.1, 0.15) is 39.5 Å². The summed E-state index contributed by atoms with van der Waals surface area (Å²) in [5.41, 5.74) is 15.0. The SMILES string of the molecule is CC1=Cc2c(-c3ccc(C([NH])=O)c4c3CC4)ccc(F)c2C1. The summed E-state index contributed by atoms with van der Waals surface area (Å²) in [6, 6.07) is 7.02. The molecule has 2 aromatic rings. The van der Waals surface area contributed by atoms with E-state index in [1.54, 1.807) is 6.07 Å². The van der Waals surface area contributed by atoms with Gasteiger partial charge in [0.05, 0.1) is 0 Å². The van der Waals surface area contributed by atoms with Crippen molar-refractivity contribution in [2.45, 2.75) is 26.2 Å². The number of fused-ring (bicyclic) bond motifs is 2. The highest BCUT2D eigenvalue weighted by Crippen LogP contribution is 2.41. The number of rotatable bonds is 2. The molecule has 0 bridgehead atoms. The lowest BCUT2D eigenvalue weighted by molar-refractivity contribution is 0.0990. The molecule has 1 N–H and O–H groups in total. The van der Waals surface area contributed by atoms with Gasteiger partial charge in [0.1, 0.15) is 5.82 Å². The second-order valence-electron chi connectivity index (χ2n) is 6.10. The van der Waals surface area contributed by atoms with Crippen LogP contribution in [0, 0.1) is 5.82 Å². The predicted octanol–water partition coefficient (Wildman–Crippen LogP) is 3.97. The minimum Gasteiger partial charge on any atom is -0.267 e. The van der Waals surface area contributed by atoms with E-state index in [1.165, 1.54) is 6.07 Å². The molecule has 22 heavy (non-hydrogen) atoms. The molecule has 0 spiro atoms. The standard InChI is InChI=1S/C19H15FNO/c1-10-8-16-14(6-7-18(20)17(16)9-10)12-4-5-15(19(21)22)13-3-2-11(12)13/h4-8,21H,2-3,9H2,1H3. The van der Waals surface area contributed by atoms with Gasteiger partial charge in [0.2, 0.25) is 0 Å². The molecule has 0 fully saturated rings. The molecule has 0 unspecified atom stereocenters. The number of amides is 1. The maximum Gasteiger partial charge on any atom is 0.269 e. The van der Waals surface area contributed by atoms with Crippen LogP contribution < -0.4 is 5.73 Å². The summed E-state index contributed by atoms with van der Waals surface area (Å²) >= 11 is 0. The Hall–Kier alpha value is -2.42. The van der Waals surface area contributed by atoms with Gasteiger partial charge in [-0.1, -0.05) is 23.8 Å². The van der Waals surface area contributed by atoms with Crippen molar-refractivity contribution in [1.29, 1.82) is 0 Å². The molecule has 1 amide bonds. The van der Waals surface area contributed by atoms with Crippen LogP contribution in [0.5, 0.6) is 0 Å². The van der Waals surface area contributed by atoms with E-state index in [-0.39, 0.29) is 5.82 Å². The average molecular weight is 292 g/mol. The molecule has 2 aliphatic carbocycles. The summed E-state index contributed by atoms with van der Waals surface area (Å²) in [5.74, 6) is -0.772. The summed E-state index contributed by atoms with van der Waals surface area (Å²) in [6.45, 7) is 2.02. The van der Waals surface area contributed by atoms with Crippen molar-refractivity contribution in [3.05, 3.63) is 63.5 Å². The first-order valence-electron chi connectivity index (χ1n) is 7.46. The van der Waals surface area contributed by atoms with Crippen LogP contribution in [0.4, 0.5) is 4.39 Å². The van der Waals surface area contributed by atoms with Crippen LogP contribution >= 0.6 is 0 Å². The Morgan fingerprint density at radius 2 is 1.77 bits per heavy atom. The number of halogens is 1. The third-order valence-electron chi connectivity index (χ3n) is 4.74. The van der Waals surface area contributed by atoms with Gasteiger partial charge in [-0.15, -0.1) is 0 Å². The van der Waals surface area contributed by atoms with Crippen molar-refractivity contribution in [2.75, 3.05) is 0 Å². The molecule has 0 saturated heterocycles. The number of carbonyl (C=O) groups is 1. The molecule has 2 nitrogen and oxygen atoms in total. The van der Waals surface area contributed by atoms with Crippen LogP contribution in [-0.4, -0.2) is 5.91 Å². The Balaban J connectivity index is 1.94. The van der Waals surface area contributed by atoms with Crippen molar-refractivity contribution in [3.8, 4) is 11.1 Å². The second kappa shape index (κ2) is 4.54. The van der Waals surface area contributed by atoms with Crippen LogP contribution in [0.2, 0.25) is 0 Å². The van der Waals surface area contributed by atoms with E-state index in [2.05, 4.69) is 6.08 Å². The highest BCUT2D eigenvalue weighted by atomic mass is 19.1. The van der Waals surface area contributed by atoms with Gasteiger partial charge in [0.15, 0.2) is 0 Å². The molecule has 4 rings (SSSR count). The van der Waals surface area contributed by atoms with Gasteiger partial charge in [0, 0.05) is 5.56 Å². The maximum atomic E-state index is 14.0. The number of carbonyl (C=O) groups excluding carboxylic acids is 1. The highest BCUT2D eigenvalue weighted by molar-refractivity contribution is 5.96. The third kappa shape index (κ3) is 1.75. The van der Waals surface area contributed by atoms with Gasteiger partial charge < -0.3 is 0 Å². The molecule has 0 heterocycles. The van der Waals surface area contributed by atoms with E-state index in [9.17, 15) is 9.18 Å². The summed E-state index contributed by atoms with van der Waals surface area (Å²) in [6.07, 6.45) is 4.49. The highest BCUT2D eigenvalue weighted by Gasteiger charge is 2.26. The van der Waals surface area contributed by atoms with E-state index >= 15 is 0 Å². The summed E-state index contributed by atoms with van der Waals surface area (Å²) in [4.78, 5) is 11.4. The first-order chi connectivity index (χ1) is 10.6. The quantitative estimate of drug-likeness (QED) is 0.825. The summed E-state index contributed by atoms with van der Waals surface area (Å²) in [5, 5.41) is 0. The van der Waals surface area contributed by atoms with E-state index in [0.29, 0.717) is 12.0 Å². The minimum atomic E-state index is -0.623. The van der Waals surface area contributed by atoms with Gasteiger partial charge in [-0.3, -0.25) is 10.5 Å². The Morgan fingerprint density at radius 3 is 2.45 bits per heavy atom. The van der Waals surface area contributed by atoms with Crippen molar-refractivity contribution < 1.29 is 9.18 Å². The molecule has 0 aliphatic heterocycles. The molecule has 0 aromatic heterocycles. The van der Waals surface area contributed by atoms with Gasteiger partial charge in [-0.2, -0.15) is 0 Å². The molecule has 0 atom stereocenters. The number of hydrogen-bond donors (Lipinski definition) is 0. The topological polar surface area (TPSA) is 40.9 Å². The smallest absolute Gasteiger partial charge is 0.267 e. The Kier molecular flexibility index (Phi) is 2.73. The fourth-order valence-corrected chi connectivity index (χ4v) is 3.60. The first kappa shape index (κ1) is 13.3. The van der Waals surface area contributed by atoms with Crippen molar-refractivity contribution in [1.82, 2.24) is 5.73 Å². The zero-order valence-electron chi connectivity index (χ0n) is 12.3. The Morgan fingerprint density at radius 1 is 1.05 bits per heavy atom. The van der Waals surface area contributed by atoms with Crippen molar-refractivity contribution >= 4 is 12.0 Å². The van der Waals surface area contributed by atoms with Gasteiger partial charge in [-0.05, 0) is 71.7 Å². The van der Waals surface area contributed by atoms with Crippen LogP contribution in [0.25, 0.3) is 17.2 Å². The second-order valence-corrected chi connectivity index (χ2v) is 6.10.